The average Bonchev–Trinajstić information content (AvgIpc) is 0.732. The second-order valence-corrected chi connectivity index (χ2v) is 38.8. The molecule has 4 saturated carbocycles. The molecular weight excluding hydrogens is 1590 g/mol. The summed E-state index contributed by atoms with van der Waals surface area (Å²) in [5.74, 6) is 2.86. The van der Waals surface area contributed by atoms with Crippen LogP contribution in [0.2, 0.25) is 0 Å². The quantitative estimate of drug-likeness (QED) is 0.0218. The standard InChI is InChI=1S/C35H39O5S.C24H23O4S.C23H23O3S.C22H23OS/c1-23-14-31(41(29-10-6-4-7-11-29)30-12-8-5-9-13-30)15-24(2)34(23)39-21-32(36)38-22-33(37)40-35(3)27-17-25-16-26(19-27)20-28(35)18-25;1-17-14-22(15-18(2)24(17)28-23(26)16-27-19(3)25)29(20-10-6-4-7-11-20)21-12-8-5-9-13-21;1-17-14-21(15-18(2)23(17)26-16-22(24)25-3)27(19-10-6-4-7-11-19)20-12-8-5-9-13-20;1-4-23-22-17(2)15-21(16-18(22)3)24(19-11-7-5-8-12-19)20-13-9-6-10-14-20/h4-15,25-28H,16-22H2,1-3H3;4-15H,16H2,1-3H3;4-15H,16H2,1-3H3;5-16H,4H2,1-3H3/q4*+1. The minimum atomic E-state index is -0.593. The number of hydrogen-bond donors (Lipinski definition) is 0. The molecular formula is C104H108O13S4+4. The lowest BCUT2D eigenvalue weighted by Crippen LogP contribution is -2.58. The molecule has 17 heteroatoms. The van der Waals surface area contributed by atoms with Gasteiger partial charge in [-0.1, -0.05) is 146 Å². The van der Waals surface area contributed by atoms with Gasteiger partial charge in [-0.2, -0.15) is 0 Å². The Labute approximate surface area is 725 Å². The van der Waals surface area contributed by atoms with Crippen LogP contribution in [0.15, 0.2) is 350 Å². The van der Waals surface area contributed by atoms with Crippen molar-refractivity contribution < 1.29 is 61.9 Å². The Morgan fingerprint density at radius 1 is 0.306 bits per heavy atom. The van der Waals surface area contributed by atoms with Crippen molar-refractivity contribution in [2.24, 2.45) is 23.7 Å². The molecule has 0 spiro atoms. The molecule has 121 heavy (non-hydrogen) atoms. The van der Waals surface area contributed by atoms with Crippen molar-refractivity contribution in [1.82, 2.24) is 0 Å². The van der Waals surface area contributed by atoms with E-state index in [4.69, 9.17) is 33.2 Å². The number of ether oxygens (including phenoxy) is 8. The van der Waals surface area contributed by atoms with Crippen LogP contribution in [0.25, 0.3) is 0 Å². The number of rotatable bonds is 26. The van der Waals surface area contributed by atoms with Gasteiger partial charge in [0.15, 0.2) is 85.2 Å². The van der Waals surface area contributed by atoms with Gasteiger partial charge in [-0.05, 0) is 267 Å². The van der Waals surface area contributed by atoms with Crippen molar-refractivity contribution >= 4 is 73.4 Å². The summed E-state index contributed by atoms with van der Waals surface area (Å²) in [7, 11) is 0.506. The van der Waals surface area contributed by atoms with Crippen LogP contribution in [0.5, 0.6) is 23.0 Å². The van der Waals surface area contributed by atoms with E-state index in [1.807, 2.05) is 109 Å². The van der Waals surface area contributed by atoms with Gasteiger partial charge in [-0.25, -0.2) is 19.2 Å². The van der Waals surface area contributed by atoms with E-state index in [1.165, 1.54) is 85.4 Å². The van der Waals surface area contributed by atoms with Crippen LogP contribution in [0.4, 0.5) is 0 Å². The third kappa shape index (κ3) is 23.3. The van der Waals surface area contributed by atoms with Gasteiger partial charge in [-0.15, -0.1) is 0 Å². The fraction of sp³-hybridized carbons (Fsp3) is 0.260. The second kappa shape index (κ2) is 42.8. The van der Waals surface area contributed by atoms with E-state index in [0.29, 0.717) is 29.9 Å². The Morgan fingerprint density at radius 2 is 0.554 bits per heavy atom. The number of methoxy groups -OCH3 is 1. The summed E-state index contributed by atoms with van der Waals surface area (Å²) in [6, 6.07) is 102. The average molecular weight is 1690 g/mol. The van der Waals surface area contributed by atoms with Crippen LogP contribution in [0, 0.1) is 79.1 Å². The predicted molar refractivity (Wildman–Crippen MR) is 483 cm³/mol. The van der Waals surface area contributed by atoms with Crippen molar-refractivity contribution in [2.75, 3.05) is 40.1 Å². The lowest BCUT2D eigenvalue weighted by Gasteiger charge is -2.59. The van der Waals surface area contributed by atoms with E-state index in [-0.39, 0.29) is 69.4 Å². The molecule has 0 aromatic heterocycles. The summed E-state index contributed by atoms with van der Waals surface area (Å²) >= 11 is 0. The maximum absolute atomic E-state index is 12.7. The molecule has 0 heterocycles. The first-order valence-corrected chi connectivity index (χ1v) is 45.9. The highest BCUT2D eigenvalue weighted by atomic mass is 32.2. The van der Waals surface area contributed by atoms with Gasteiger partial charge in [0.25, 0.3) is 0 Å². The molecule has 16 rings (SSSR count). The smallest absolute Gasteiger partial charge is 0.349 e. The normalized spacial score (nSPS) is 15.9. The Hall–Kier alpha value is -11.2. The number of carbonyl (C=O) groups excluding carboxylic acids is 5. The summed E-state index contributed by atoms with van der Waals surface area (Å²) < 4.78 is 43.6. The molecule has 13 nitrogen and oxygen atoms in total. The van der Waals surface area contributed by atoms with Crippen LogP contribution < -0.4 is 18.9 Å². The predicted octanol–water partition coefficient (Wildman–Crippen LogP) is 22.7. The number of esters is 5. The van der Waals surface area contributed by atoms with E-state index < -0.39 is 36.1 Å². The lowest BCUT2D eigenvalue weighted by molar-refractivity contribution is -0.207. The minimum Gasteiger partial charge on any atom is -0.493 e. The molecule has 622 valence electrons. The van der Waals surface area contributed by atoms with Gasteiger partial charge in [0.2, 0.25) is 0 Å². The molecule has 0 aliphatic heterocycles. The maximum Gasteiger partial charge on any atom is 0.349 e. The van der Waals surface area contributed by atoms with Gasteiger partial charge in [0.05, 0.1) is 57.3 Å². The van der Waals surface area contributed by atoms with Crippen LogP contribution in [-0.2, 0) is 86.5 Å². The highest BCUT2D eigenvalue weighted by molar-refractivity contribution is 7.98. The van der Waals surface area contributed by atoms with Crippen molar-refractivity contribution in [3.8, 4) is 23.0 Å². The zero-order valence-corrected chi connectivity index (χ0v) is 74.3. The third-order valence-electron chi connectivity index (χ3n) is 21.7. The molecule has 0 atom stereocenters. The van der Waals surface area contributed by atoms with Gasteiger partial charge >= 0.3 is 29.8 Å². The molecule has 0 radical (unpaired) electrons. The first kappa shape index (κ1) is 89.1. The summed E-state index contributed by atoms with van der Waals surface area (Å²) in [5, 5.41) is 0. The van der Waals surface area contributed by atoms with Gasteiger partial charge in [0.1, 0.15) is 28.6 Å². The third-order valence-corrected chi connectivity index (χ3v) is 30.5. The van der Waals surface area contributed by atoms with E-state index >= 15 is 0 Å². The van der Waals surface area contributed by atoms with Gasteiger partial charge < -0.3 is 37.9 Å². The SMILES string of the molecule is CC(=O)OCC(=O)Oc1c(C)cc([S+](c2ccccc2)c2ccccc2)cc1C.CCOc1c(C)cc([S+](c2ccccc2)c2ccccc2)cc1C.COC(=O)COc1c(C)cc([S+](c2ccccc2)c2ccccc2)cc1C.Cc1cc([S+](c2ccccc2)c2ccccc2)cc(C)c1OCC(=O)OCC(=O)OC1(C)C2CC3CC(C2)CC1C3. The number of carbonyl (C=O) groups is 5. The fourth-order valence-corrected chi connectivity index (χ4v) is 25.6. The minimum absolute atomic E-state index is 0.0827. The van der Waals surface area contributed by atoms with E-state index in [1.54, 1.807) is 0 Å². The highest BCUT2D eigenvalue weighted by Gasteiger charge is 2.57. The summed E-state index contributed by atoms with van der Waals surface area (Å²) in [6.45, 7) is 21.1. The highest BCUT2D eigenvalue weighted by Crippen LogP contribution is 2.59. The Balaban J connectivity index is 0.000000151. The topological polar surface area (TPSA) is 159 Å². The van der Waals surface area contributed by atoms with E-state index in [0.717, 1.165) is 87.3 Å². The zero-order valence-electron chi connectivity index (χ0n) is 71.0. The monoisotopic (exact) mass is 1690 g/mol. The molecule has 4 aliphatic rings. The molecule has 0 N–H and O–H groups in total. The summed E-state index contributed by atoms with van der Waals surface area (Å²) in [4.78, 5) is 74.6. The van der Waals surface area contributed by atoms with Crippen molar-refractivity contribution in [2.45, 2.75) is 173 Å². The maximum atomic E-state index is 12.7. The number of aryl methyl sites for hydroxylation is 8. The Bertz CT molecular complexity index is 5170. The molecule has 4 aliphatic carbocycles. The fourth-order valence-electron chi connectivity index (χ4n) is 16.6. The largest absolute Gasteiger partial charge is 0.493 e. The van der Waals surface area contributed by atoms with Crippen LogP contribution in [0.3, 0.4) is 0 Å². The first-order chi connectivity index (χ1) is 58.5. The van der Waals surface area contributed by atoms with Gasteiger partial charge in [0, 0.05) is 55.5 Å². The van der Waals surface area contributed by atoms with Gasteiger partial charge in [-0.3, -0.25) is 4.79 Å². The van der Waals surface area contributed by atoms with E-state index in [9.17, 15) is 24.0 Å². The lowest BCUT2D eigenvalue weighted by atomic mass is 9.50. The second-order valence-electron chi connectivity index (χ2n) is 30.7. The Kier molecular flexibility index (Phi) is 31.5. The molecule has 0 amide bonds. The van der Waals surface area contributed by atoms with Crippen LogP contribution >= 0.6 is 0 Å². The van der Waals surface area contributed by atoms with E-state index in [2.05, 4.69) is 256 Å². The molecule has 4 bridgehead atoms. The molecule has 0 saturated heterocycles. The summed E-state index contributed by atoms with van der Waals surface area (Å²) in [5.41, 5.74) is 7.63. The summed E-state index contributed by atoms with van der Waals surface area (Å²) in [6.07, 6.45) is 5.96. The number of benzene rings is 12. The first-order valence-electron chi connectivity index (χ1n) is 41.0. The molecule has 4 fully saturated rings. The van der Waals surface area contributed by atoms with Crippen molar-refractivity contribution in [3.05, 3.63) is 336 Å². The molecule has 12 aromatic carbocycles. The number of hydrogen-bond acceptors (Lipinski definition) is 13. The zero-order chi connectivity index (χ0) is 85.5. The van der Waals surface area contributed by atoms with Crippen molar-refractivity contribution in [1.29, 1.82) is 0 Å². The molecule has 12 aromatic rings. The van der Waals surface area contributed by atoms with Crippen molar-refractivity contribution in [3.63, 3.8) is 0 Å². The van der Waals surface area contributed by atoms with Crippen LogP contribution in [-0.4, -0.2) is 75.6 Å². The molecule has 0 unspecified atom stereocenters. The van der Waals surface area contributed by atoms with Crippen LogP contribution in [0.1, 0.15) is 97.4 Å². The Morgan fingerprint density at radius 3 is 0.810 bits per heavy atom.